The predicted octanol–water partition coefficient (Wildman–Crippen LogP) is 3.18. The van der Waals surface area contributed by atoms with E-state index >= 15 is 0 Å². The summed E-state index contributed by atoms with van der Waals surface area (Å²) in [6.45, 7) is 2.06. The van der Waals surface area contributed by atoms with Gasteiger partial charge in [-0.1, -0.05) is 54.1 Å². The molecule has 2 aromatic rings. The molecular formula is C16H16O. The zero-order valence-corrected chi connectivity index (χ0v) is 9.98. The van der Waals surface area contributed by atoms with Crippen molar-refractivity contribution in [2.45, 2.75) is 25.4 Å². The van der Waals surface area contributed by atoms with Crippen molar-refractivity contribution >= 4 is 0 Å². The van der Waals surface area contributed by atoms with Crippen LogP contribution in [-0.2, 0) is 12.0 Å². The Hall–Kier alpha value is -1.60. The van der Waals surface area contributed by atoms with Crippen LogP contribution in [0.25, 0.3) is 0 Å². The van der Waals surface area contributed by atoms with E-state index in [4.69, 9.17) is 0 Å². The number of benzene rings is 2. The van der Waals surface area contributed by atoms with E-state index in [1.54, 1.807) is 0 Å². The highest BCUT2D eigenvalue weighted by Crippen LogP contribution is 2.41. The highest BCUT2D eigenvalue weighted by atomic mass is 16.3. The first-order valence-electron chi connectivity index (χ1n) is 6.08. The van der Waals surface area contributed by atoms with Crippen LogP contribution in [0.2, 0.25) is 0 Å². The molecular weight excluding hydrogens is 208 g/mol. The van der Waals surface area contributed by atoms with E-state index in [0.717, 1.165) is 24.0 Å². The van der Waals surface area contributed by atoms with Gasteiger partial charge in [0.25, 0.3) is 0 Å². The molecule has 0 bridgehead atoms. The first-order chi connectivity index (χ1) is 8.20. The lowest BCUT2D eigenvalue weighted by Gasteiger charge is -2.25. The second-order valence-corrected chi connectivity index (χ2v) is 4.89. The minimum atomic E-state index is -0.789. The molecule has 0 amide bonds. The fraction of sp³-hybridized carbons (Fsp3) is 0.250. The van der Waals surface area contributed by atoms with Gasteiger partial charge in [-0.25, -0.2) is 0 Å². The van der Waals surface area contributed by atoms with Crippen molar-refractivity contribution in [3.63, 3.8) is 0 Å². The molecule has 0 fully saturated rings. The van der Waals surface area contributed by atoms with Crippen molar-refractivity contribution in [1.29, 1.82) is 0 Å². The fourth-order valence-corrected chi connectivity index (χ4v) is 2.79. The Morgan fingerprint density at radius 1 is 1.06 bits per heavy atom. The van der Waals surface area contributed by atoms with Gasteiger partial charge in [0.05, 0.1) is 0 Å². The summed E-state index contributed by atoms with van der Waals surface area (Å²) in [6.07, 6.45) is 1.75. The minimum Gasteiger partial charge on any atom is -0.380 e. The Morgan fingerprint density at radius 2 is 1.88 bits per heavy atom. The van der Waals surface area contributed by atoms with Gasteiger partial charge in [0.15, 0.2) is 0 Å². The van der Waals surface area contributed by atoms with Crippen molar-refractivity contribution in [1.82, 2.24) is 0 Å². The van der Waals surface area contributed by atoms with Gasteiger partial charge < -0.3 is 5.11 Å². The Bertz CT molecular complexity index is 559. The third-order valence-corrected chi connectivity index (χ3v) is 3.71. The summed E-state index contributed by atoms with van der Waals surface area (Å²) in [5.74, 6) is 0. The van der Waals surface area contributed by atoms with Crippen LogP contribution in [0.4, 0.5) is 0 Å². The summed E-state index contributed by atoms with van der Waals surface area (Å²) in [5, 5.41) is 10.9. The molecule has 0 aromatic heterocycles. The summed E-state index contributed by atoms with van der Waals surface area (Å²) >= 11 is 0. The van der Waals surface area contributed by atoms with Crippen LogP contribution in [0.15, 0.2) is 48.5 Å². The molecule has 0 saturated carbocycles. The second-order valence-electron chi connectivity index (χ2n) is 4.89. The van der Waals surface area contributed by atoms with Crippen LogP contribution >= 0.6 is 0 Å². The van der Waals surface area contributed by atoms with Gasteiger partial charge in [-0.05, 0) is 36.5 Å². The molecule has 2 aromatic carbocycles. The Morgan fingerprint density at radius 3 is 2.71 bits per heavy atom. The lowest BCUT2D eigenvalue weighted by molar-refractivity contribution is 0.0829. The second kappa shape index (κ2) is 3.71. The van der Waals surface area contributed by atoms with Gasteiger partial charge in [0, 0.05) is 0 Å². The SMILES string of the molecule is Cc1cccc(C2(O)CCc3ccccc32)c1. The maximum atomic E-state index is 10.9. The van der Waals surface area contributed by atoms with Gasteiger partial charge in [0.2, 0.25) is 0 Å². The van der Waals surface area contributed by atoms with E-state index in [9.17, 15) is 5.11 Å². The Labute approximate surface area is 102 Å². The van der Waals surface area contributed by atoms with Crippen molar-refractivity contribution < 1.29 is 5.11 Å². The van der Waals surface area contributed by atoms with Crippen LogP contribution in [0, 0.1) is 6.92 Å². The van der Waals surface area contributed by atoms with Crippen molar-refractivity contribution in [2.24, 2.45) is 0 Å². The molecule has 0 spiro atoms. The van der Waals surface area contributed by atoms with E-state index in [1.807, 2.05) is 30.3 Å². The number of aliphatic hydroxyl groups is 1. The number of fused-ring (bicyclic) bond motifs is 1. The van der Waals surface area contributed by atoms with E-state index in [0.29, 0.717) is 0 Å². The lowest BCUT2D eigenvalue weighted by Crippen LogP contribution is -2.23. The van der Waals surface area contributed by atoms with Gasteiger partial charge >= 0.3 is 0 Å². The zero-order chi connectivity index (χ0) is 11.9. The van der Waals surface area contributed by atoms with Gasteiger partial charge in [0.1, 0.15) is 5.60 Å². The minimum absolute atomic E-state index is 0.788. The maximum Gasteiger partial charge on any atom is 0.115 e. The lowest BCUT2D eigenvalue weighted by atomic mass is 9.87. The van der Waals surface area contributed by atoms with Gasteiger partial charge in [-0.15, -0.1) is 0 Å². The summed E-state index contributed by atoms with van der Waals surface area (Å²) in [5.41, 5.74) is 3.77. The smallest absolute Gasteiger partial charge is 0.115 e. The largest absolute Gasteiger partial charge is 0.380 e. The van der Waals surface area contributed by atoms with Crippen LogP contribution in [0.5, 0.6) is 0 Å². The molecule has 1 N–H and O–H groups in total. The molecule has 1 nitrogen and oxygen atoms in total. The van der Waals surface area contributed by atoms with Crippen LogP contribution in [0.3, 0.4) is 0 Å². The first kappa shape index (κ1) is 10.5. The molecule has 1 aliphatic rings. The normalized spacial score (nSPS) is 22.5. The van der Waals surface area contributed by atoms with Crippen LogP contribution in [0.1, 0.15) is 28.7 Å². The standard InChI is InChI=1S/C16H16O/c1-12-5-4-7-14(11-12)16(17)10-9-13-6-2-3-8-15(13)16/h2-8,11,17H,9-10H2,1H3. The molecule has 3 rings (SSSR count). The van der Waals surface area contributed by atoms with Gasteiger partial charge in [-0.3, -0.25) is 0 Å². The molecule has 0 radical (unpaired) electrons. The average Bonchev–Trinajstić information content (AvgIpc) is 2.69. The zero-order valence-electron chi connectivity index (χ0n) is 9.98. The monoisotopic (exact) mass is 224 g/mol. The summed E-state index contributed by atoms with van der Waals surface area (Å²) < 4.78 is 0. The molecule has 1 unspecified atom stereocenters. The summed E-state index contributed by atoms with van der Waals surface area (Å²) in [7, 11) is 0. The maximum absolute atomic E-state index is 10.9. The van der Waals surface area contributed by atoms with E-state index in [2.05, 4.69) is 25.1 Å². The highest BCUT2D eigenvalue weighted by molar-refractivity contribution is 5.45. The van der Waals surface area contributed by atoms with Crippen molar-refractivity contribution in [3.05, 3.63) is 70.8 Å². The summed E-state index contributed by atoms with van der Waals surface area (Å²) in [4.78, 5) is 0. The first-order valence-corrected chi connectivity index (χ1v) is 6.08. The molecule has 1 heteroatoms. The number of hydrogen-bond donors (Lipinski definition) is 1. The molecule has 17 heavy (non-hydrogen) atoms. The highest BCUT2D eigenvalue weighted by Gasteiger charge is 2.37. The van der Waals surface area contributed by atoms with Crippen molar-refractivity contribution in [2.75, 3.05) is 0 Å². The molecule has 1 aliphatic carbocycles. The van der Waals surface area contributed by atoms with Crippen LogP contribution in [-0.4, -0.2) is 5.11 Å². The number of hydrogen-bond acceptors (Lipinski definition) is 1. The summed E-state index contributed by atoms with van der Waals surface area (Å²) in [6, 6.07) is 16.4. The molecule has 0 saturated heterocycles. The van der Waals surface area contributed by atoms with Crippen molar-refractivity contribution in [3.8, 4) is 0 Å². The third-order valence-electron chi connectivity index (χ3n) is 3.71. The fourth-order valence-electron chi connectivity index (χ4n) is 2.79. The third kappa shape index (κ3) is 1.58. The molecule has 86 valence electrons. The number of rotatable bonds is 1. The number of aryl methyl sites for hydroxylation is 2. The average molecular weight is 224 g/mol. The molecule has 0 heterocycles. The molecule has 0 aliphatic heterocycles. The Balaban J connectivity index is 2.15. The van der Waals surface area contributed by atoms with E-state index in [-0.39, 0.29) is 0 Å². The van der Waals surface area contributed by atoms with E-state index < -0.39 is 5.60 Å². The van der Waals surface area contributed by atoms with Crippen LogP contribution < -0.4 is 0 Å². The Kier molecular flexibility index (Phi) is 2.30. The van der Waals surface area contributed by atoms with E-state index in [1.165, 1.54) is 11.1 Å². The molecule has 1 atom stereocenters. The predicted molar refractivity (Wildman–Crippen MR) is 68.9 cm³/mol. The van der Waals surface area contributed by atoms with Gasteiger partial charge in [-0.2, -0.15) is 0 Å². The topological polar surface area (TPSA) is 20.2 Å². The quantitative estimate of drug-likeness (QED) is 0.788.